The minimum Gasteiger partial charge on any atom is -0.380 e. The van der Waals surface area contributed by atoms with Crippen LogP contribution >= 0.6 is 11.6 Å². The van der Waals surface area contributed by atoms with Crippen LogP contribution in [0.2, 0.25) is 0 Å². The molecule has 1 aromatic rings. The third-order valence-electron chi connectivity index (χ3n) is 2.28. The first-order valence-electron chi connectivity index (χ1n) is 6.09. The number of nitrogens with one attached hydrogen (secondary N) is 1. The molecule has 0 aliphatic rings. The van der Waals surface area contributed by atoms with Gasteiger partial charge in [-0.1, -0.05) is 6.92 Å². The molecule has 0 saturated heterocycles. The van der Waals surface area contributed by atoms with Gasteiger partial charge in [0, 0.05) is 19.0 Å². The lowest BCUT2D eigenvalue weighted by Gasteiger charge is -2.06. The quantitative estimate of drug-likeness (QED) is 0.511. The van der Waals surface area contributed by atoms with Gasteiger partial charge in [-0.15, -0.1) is 11.6 Å². The van der Waals surface area contributed by atoms with Crippen LogP contribution < -0.4 is 5.32 Å². The highest BCUT2D eigenvalue weighted by Crippen LogP contribution is 1.95. The third-order valence-corrected chi connectivity index (χ3v) is 2.43. The van der Waals surface area contributed by atoms with Crippen molar-refractivity contribution in [1.29, 1.82) is 0 Å². The van der Waals surface area contributed by atoms with Gasteiger partial charge in [0.25, 0.3) is 0 Å². The Kier molecular flexibility index (Phi) is 7.96. The zero-order valence-corrected chi connectivity index (χ0v) is 11.1. The topological polar surface area (TPSA) is 52.0 Å². The number of aromatic nitrogens is 3. The summed E-state index contributed by atoms with van der Waals surface area (Å²) >= 11 is 5.50. The van der Waals surface area contributed by atoms with Crippen molar-refractivity contribution in [3.05, 3.63) is 12.2 Å². The Morgan fingerprint density at radius 2 is 2.35 bits per heavy atom. The van der Waals surface area contributed by atoms with Gasteiger partial charge in [-0.2, -0.15) is 5.10 Å². The van der Waals surface area contributed by atoms with Gasteiger partial charge in [0.1, 0.15) is 12.2 Å². The first-order valence-corrected chi connectivity index (χ1v) is 6.63. The summed E-state index contributed by atoms with van der Waals surface area (Å²) in [5, 5.41) is 7.50. The second-order valence-electron chi connectivity index (χ2n) is 3.73. The first-order chi connectivity index (χ1) is 8.38. The number of halogens is 1. The van der Waals surface area contributed by atoms with Crippen LogP contribution in [-0.2, 0) is 17.8 Å². The number of hydrogen-bond donors (Lipinski definition) is 1. The number of alkyl halides is 1. The standard InChI is InChI=1S/C11H21ClN4O/c1-2-6-16-11(14-10-15-16)9-13-5-3-7-17-8-4-12/h10,13H,2-9H2,1H3. The van der Waals surface area contributed by atoms with Crippen molar-refractivity contribution in [2.75, 3.05) is 25.6 Å². The molecule has 0 saturated carbocycles. The molecule has 0 bridgehead atoms. The average Bonchev–Trinajstić information content (AvgIpc) is 2.76. The summed E-state index contributed by atoms with van der Waals surface area (Å²) in [5.41, 5.74) is 0. The summed E-state index contributed by atoms with van der Waals surface area (Å²) in [5.74, 6) is 1.56. The fourth-order valence-corrected chi connectivity index (χ4v) is 1.59. The maximum absolute atomic E-state index is 5.50. The highest BCUT2D eigenvalue weighted by molar-refractivity contribution is 6.17. The van der Waals surface area contributed by atoms with Gasteiger partial charge in [-0.05, 0) is 19.4 Å². The Hall–Kier alpha value is -0.650. The highest BCUT2D eigenvalue weighted by Gasteiger charge is 2.01. The Balaban J connectivity index is 2.07. The predicted octanol–water partition coefficient (Wildman–Crippen LogP) is 1.42. The Labute approximate surface area is 108 Å². The van der Waals surface area contributed by atoms with E-state index in [1.54, 1.807) is 6.33 Å². The van der Waals surface area contributed by atoms with Crippen LogP contribution in [0.15, 0.2) is 6.33 Å². The lowest BCUT2D eigenvalue weighted by Crippen LogP contribution is -2.20. The summed E-state index contributed by atoms with van der Waals surface area (Å²) in [6, 6.07) is 0. The second-order valence-corrected chi connectivity index (χ2v) is 4.11. The summed E-state index contributed by atoms with van der Waals surface area (Å²) in [6.45, 7) is 6.12. The minimum atomic E-state index is 0.563. The molecule has 0 aliphatic carbocycles. The predicted molar refractivity (Wildman–Crippen MR) is 68.2 cm³/mol. The Morgan fingerprint density at radius 3 is 3.12 bits per heavy atom. The molecule has 0 radical (unpaired) electrons. The smallest absolute Gasteiger partial charge is 0.140 e. The molecule has 0 aliphatic heterocycles. The molecule has 0 aromatic carbocycles. The van der Waals surface area contributed by atoms with E-state index < -0.39 is 0 Å². The molecule has 5 nitrogen and oxygen atoms in total. The van der Waals surface area contributed by atoms with Crippen molar-refractivity contribution in [2.24, 2.45) is 0 Å². The molecule has 6 heteroatoms. The van der Waals surface area contributed by atoms with Crippen molar-refractivity contribution < 1.29 is 4.74 Å². The highest BCUT2D eigenvalue weighted by atomic mass is 35.5. The molecule has 0 atom stereocenters. The van der Waals surface area contributed by atoms with E-state index in [-0.39, 0.29) is 0 Å². The first kappa shape index (κ1) is 14.4. The van der Waals surface area contributed by atoms with E-state index >= 15 is 0 Å². The number of nitrogens with zero attached hydrogens (tertiary/aromatic N) is 3. The summed E-state index contributed by atoms with van der Waals surface area (Å²) in [4.78, 5) is 4.22. The van der Waals surface area contributed by atoms with Crippen molar-refractivity contribution >= 4 is 11.6 Å². The van der Waals surface area contributed by atoms with E-state index in [1.165, 1.54) is 0 Å². The molecule has 98 valence electrons. The van der Waals surface area contributed by atoms with E-state index in [2.05, 4.69) is 22.3 Å². The van der Waals surface area contributed by atoms with Crippen LogP contribution in [0.1, 0.15) is 25.6 Å². The second kappa shape index (κ2) is 9.39. The lowest BCUT2D eigenvalue weighted by atomic mass is 10.4. The maximum atomic E-state index is 5.50. The van der Waals surface area contributed by atoms with E-state index in [0.717, 1.165) is 44.9 Å². The van der Waals surface area contributed by atoms with Crippen LogP contribution in [0, 0.1) is 0 Å². The summed E-state index contributed by atoms with van der Waals surface area (Å²) in [7, 11) is 0. The molecule has 1 aromatic heterocycles. The molecule has 0 amide bonds. The molecular weight excluding hydrogens is 240 g/mol. The number of ether oxygens (including phenoxy) is 1. The lowest BCUT2D eigenvalue weighted by molar-refractivity contribution is 0.146. The van der Waals surface area contributed by atoms with Gasteiger partial charge in [-0.25, -0.2) is 9.67 Å². The number of hydrogen-bond acceptors (Lipinski definition) is 4. The van der Waals surface area contributed by atoms with Gasteiger partial charge in [0.15, 0.2) is 0 Å². The molecule has 0 unspecified atom stereocenters. The van der Waals surface area contributed by atoms with Crippen molar-refractivity contribution in [3.8, 4) is 0 Å². The largest absolute Gasteiger partial charge is 0.380 e. The van der Waals surface area contributed by atoms with Gasteiger partial charge in [0.05, 0.1) is 13.2 Å². The van der Waals surface area contributed by atoms with Crippen LogP contribution in [-0.4, -0.2) is 40.4 Å². The van der Waals surface area contributed by atoms with Crippen LogP contribution in [0.5, 0.6) is 0 Å². The maximum Gasteiger partial charge on any atom is 0.140 e. The normalized spacial score (nSPS) is 10.9. The third kappa shape index (κ3) is 6.00. The number of aryl methyl sites for hydroxylation is 1. The Morgan fingerprint density at radius 1 is 1.47 bits per heavy atom. The zero-order valence-electron chi connectivity index (χ0n) is 10.4. The van der Waals surface area contributed by atoms with E-state index in [9.17, 15) is 0 Å². The molecule has 1 heterocycles. The molecule has 0 fully saturated rings. The average molecular weight is 261 g/mol. The van der Waals surface area contributed by atoms with Crippen molar-refractivity contribution in [3.63, 3.8) is 0 Å². The minimum absolute atomic E-state index is 0.563. The van der Waals surface area contributed by atoms with Gasteiger partial charge in [0.2, 0.25) is 0 Å². The fourth-order valence-electron chi connectivity index (χ4n) is 1.48. The van der Waals surface area contributed by atoms with Crippen LogP contribution in [0.3, 0.4) is 0 Å². The van der Waals surface area contributed by atoms with Gasteiger partial charge in [-0.3, -0.25) is 0 Å². The van der Waals surface area contributed by atoms with E-state index in [0.29, 0.717) is 12.5 Å². The molecule has 1 rings (SSSR count). The van der Waals surface area contributed by atoms with E-state index in [1.807, 2.05) is 4.68 Å². The van der Waals surface area contributed by atoms with Crippen molar-refractivity contribution in [2.45, 2.75) is 32.9 Å². The van der Waals surface area contributed by atoms with Gasteiger partial charge >= 0.3 is 0 Å². The monoisotopic (exact) mass is 260 g/mol. The number of rotatable bonds is 10. The Bertz CT molecular complexity index is 293. The van der Waals surface area contributed by atoms with Crippen LogP contribution in [0.4, 0.5) is 0 Å². The van der Waals surface area contributed by atoms with Crippen LogP contribution in [0.25, 0.3) is 0 Å². The van der Waals surface area contributed by atoms with Crippen molar-refractivity contribution in [1.82, 2.24) is 20.1 Å². The zero-order chi connectivity index (χ0) is 12.3. The molecule has 1 N–H and O–H groups in total. The summed E-state index contributed by atoms with van der Waals surface area (Å²) < 4.78 is 7.22. The fraction of sp³-hybridized carbons (Fsp3) is 0.818. The van der Waals surface area contributed by atoms with Gasteiger partial charge < -0.3 is 10.1 Å². The molecule has 17 heavy (non-hydrogen) atoms. The SMILES string of the molecule is CCCn1ncnc1CNCCCOCCCl. The molecular formula is C11H21ClN4O. The summed E-state index contributed by atoms with van der Waals surface area (Å²) in [6.07, 6.45) is 3.66. The van der Waals surface area contributed by atoms with E-state index in [4.69, 9.17) is 16.3 Å². The molecule has 0 spiro atoms.